The Labute approximate surface area is 115 Å². The van der Waals surface area contributed by atoms with E-state index >= 15 is 0 Å². The molecular weight excluding hydrogens is 323 g/mol. The van der Waals surface area contributed by atoms with Crippen molar-refractivity contribution in [2.24, 2.45) is 0 Å². The van der Waals surface area contributed by atoms with Gasteiger partial charge < -0.3 is 4.74 Å². The van der Waals surface area contributed by atoms with E-state index in [4.69, 9.17) is 4.74 Å². The Balaban J connectivity index is 1.93. The highest BCUT2D eigenvalue weighted by molar-refractivity contribution is 14.1. The van der Waals surface area contributed by atoms with Gasteiger partial charge in [0.15, 0.2) is 0 Å². The van der Waals surface area contributed by atoms with Crippen LogP contribution in [0.3, 0.4) is 0 Å². The molecule has 17 heavy (non-hydrogen) atoms. The van der Waals surface area contributed by atoms with Crippen LogP contribution in [0.2, 0.25) is 0 Å². The summed E-state index contributed by atoms with van der Waals surface area (Å²) in [6, 6.07) is 16.9. The predicted molar refractivity (Wildman–Crippen MR) is 77.3 cm³/mol. The number of rotatable bonds is 1. The van der Waals surface area contributed by atoms with Gasteiger partial charge in [-0.2, -0.15) is 0 Å². The molecule has 0 saturated heterocycles. The van der Waals surface area contributed by atoms with Gasteiger partial charge >= 0.3 is 0 Å². The van der Waals surface area contributed by atoms with Crippen LogP contribution >= 0.6 is 22.6 Å². The van der Waals surface area contributed by atoms with Gasteiger partial charge in [-0.25, -0.2) is 0 Å². The zero-order valence-corrected chi connectivity index (χ0v) is 11.6. The normalized spacial score (nSPS) is 18.3. The number of aryl methyl sites for hydroxylation is 1. The molecule has 1 unspecified atom stereocenters. The van der Waals surface area contributed by atoms with E-state index in [9.17, 15) is 0 Å². The van der Waals surface area contributed by atoms with Crippen molar-refractivity contribution in [1.29, 1.82) is 0 Å². The topological polar surface area (TPSA) is 9.23 Å². The minimum Gasteiger partial charge on any atom is -0.484 e. The van der Waals surface area contributed by atoms with Crippen molar-refractivity contribution in [1.82, 2.24) is 0 Å². The summed E-state index contributed by atoms with van der Waals surface area (Å²) in [5.74, 6) is 1.08. The van der Waals surface area contributed by atoms with Crippen molar-refractivity contribution >= 4 is 22.6 Å². The number of fused-ring (bicyclic) bond motifs is 1. The molecule has 1 nitrogen and oxygen atoms in total. The maximum Gasteiger partial charge on any atom is 0.136 e. The van der Waals surface area contributed by atoms with Crippen molar-refractivity contribution in [3.05, 3.63) is 63.2 Å². The van der Waals surface area contributed by atoms with Crippen LogP contribution in [-0.4, -0.2) is 0 Å². The largest absolute Gasteiger partial charge is 0.484 e. The molecule has 1 heterocycles. The van der Waals surface area contributed by atoms with Gasteiger partial charge in [0, 0.05) is 0 Å². The van der Waals surface area contributed by atoms with Gasteiger partial charge in [0.05, 0.1) is 3.57 Å². The second-order valence-corrected chi connectivity index (χ2v) is 5.45. The summed E-state index contributed by atoms with van der Waals surface area (Å²) in [6.45, 7) is 0. The van der Waals surface area contributed by atoms with Gasteiger partial charge in [0.25, 0.3) is 0 Å². The van der Waals surface area contributed by atoms with Crippen LogP contribution in [-0.2, 0) is 6.42 Å². The lowest BCUT2D eigenvalue weighted by molar-refractivity contribution is 0.175. The Morgan fingerprint density at radius 3 is 2.65 bits per heavy atom. The molecule has 2 aromatic rings. The molecule has 1 aliphatic heterocycles. The van der Waals surface area contributed by atoms with Crippen LogP contribution in [0, 0.1) is 3.57 Å². The Bertz CT molecular complexity index is 522. The van der Waals surface area contributed by atoms with E-state index in [2.05, 4.69) is 65.1 Å². The van der Waals surface area contributed by atoms with Crippen LogP contribution < -0.4 is 4.74 Å². The fraction of sp³-hybridized carbons (Fsp3) is 0.200. The maximum absolute atomic E-state index is 6.14. The fourth-order valence-electron chi connectivity index (χ4n) is 2.27. The molecule has 1 atom stereocenters. The van der Waals surface area contributed by atoms with Gasteiger partial charge in [-0.3, -0.25) is 0 Å². The Hall–Kier alpha value is -1.03. The van der Waals surface area contributed by atoms with Gasteiger partial charge in [0.2, 0.25) is 0 Å². The second-order valence-electron chi connectivity index (χ2n) is 4.28. The van der Waals surface area contributed by atoms with Gasteiger partial charge in [-0.15, -0.1) is 0 Å². The molecular formula is C15H13IO. The molecule has 3 rings (SSSR count). The molecule has 2 aromatic carbocycles. The fourth-order valence-corrected chi connectivity index (χ4v) is 2.95. The Kier molecular flexibility index (Phi) is 3.05. The van der Waals surface area contributed by atoms with Crippen LogP contribution in [0.15, 0.2) is 48.5 Å². The molecule has 0 N–H and O–H groups in total. The zero-order chi connectivity index (χ0) is 11.7. The highest BCUT2D eigenvalue weighted by atomic mass is 127. The Morgan fingerprint density at radius 2 is 1.82 bits per heavy atom. The summed E-state index contributed by atoms with van der Waals surface area (Å²) < 4.78 is 7.35. The summed E-state index contributed by atoms with van der Waals surface area (Å²) in [4.78, 5) is 0. The number of halogens is 1. The zero-order valence-electron chi connectivity index (χ0n) is 9.40. The van der Waals surface area contributed by atoms with E-state index in [0.717, 1.165) is 18.6 Å². The summed E-state index contributed by atoms with van der Waals surface area (Å²) in [5, 5.41) is 0. The van der Waals surface area contributed by atoms with Crippen molar-refractivity contribution in [3.8, 4) is 5.75 Å². The third-order valence-corrected chi connectivity index (χ3v) is 4.01. The first-order valence-corrected chi connectivity index (χ1v) is 6.91. The monoisotopic (exact) mass is 336 g/mol. The van der Waals surface area contributed by atoms with Crippen molar-refractivity contribution in [3.63, 3.8) is 0 Å². The molecule has 0 aromatic heterocycles. The molecule has 86 valence electrons. The lowest BCUT2D eigenvalue weighted by Crippen LogP contribution is -2.15. The average Bonchev–Trinajstić information content (AvgIpc) is 2.40. The third-order valence-electron chi connectivity index (χ3n) is 3.16. The van der Waals surface area contributed by atoms with Crippen LogP contribution in [0.1, 0.15) is 23.7 Å². The second kappa shape index (κ2) is 4.69. The Morgan fingerprint density at radius 1 is 1.00 bits per heavy atom. The van der Waals surface area contributed by atoms with Gasteiger partial charge in [0.1, 0.15) is 11.9 Å². The molecule has 0 saturated carbocycles. The maximum atomic E-state index is 6.14. The molecule has 0 fully saturated rings. The molecule has 0 spiro atoms. The number of benzene rings is 2. The molecule has 2 heteroatoms. The molecule has 0 bridgehead atoms. The van der Waals surface area contributed by atoms with Crippen molar-refractivity contribution in [2.75, 3.05) is 0 Å². The number of ether oxygens (including phenoxy) is 1. The first-order chi connectivity index (χ1) is 8.34. The predicted octanol–water partition coefficient (Wildman–Crippen LogP) is 4.36. The summed E-state index contributed by atoms with van der Waals surface area (Å²) in [5.41, 5.74) is 2.61. The van der Waals surface area contributed by atoms with Crippen LogP contribution in [0.25, 0.3) is 0 Å². The SMILES string of the molecule is Ic1cccc2c1OC(c1ccccc1)CC2. The van der Waals surface area contributed by atoms with E-state index in [1.807, 2.05) is 6.07 Å². The van der Waals surface area contributed by atoms with E-state index in [1.165, 1.54) is 14.7 Å². The molecule has 1 aliphatic rings. The first-order valence-electron chi connectivity index (χ1n) is 5.83. The lowest BCUT2D eigenvalue weighted by atomic mass is 9.98. The minimum atomic E-state index is 0.208. The smallest absolute Gasteiger partial charge is 0.136 e. The molecule has 0 radical (unpaired) electrons. The van der Waals surface area contributed by atoms with Crippen molar-refractivity contribution in [2.45, 2.75) is 18.9 Å². The standard InChI is InChI=1S/C15H13IO/c16-13-8-4-7-12-9-10-14(17-15(12)13)11-5-2-1-3-6-11/h1-8,14H,9-10H2. The summed E-state index contributed by atoms with van der Waals surface area (Å²) >= 11 is 2.35. The number of para-hydroxylation sites is 1. The highest BCUT2D eigenvalue weighted by Crippen LogP contribution is 2.37. The van der Waals surface area contributed by atoms with Gasteiger partial charge in [-0.1, -0.05) is 42.5 Å². The summed E-state index contributed by atoms with van der Waals surface area (Å²) in [7, 11) is 0. The number of hydrogen-bond acceptors (Lipinski definition) is 1. The summed E-state index contributed by atoms with van der Waals surface area (Å²) in [6.07, 6.45) is 2.38. The third kappa shape index (κ3) is 2.18. The minimum absolute atomic E-state index is 0.208. The van der Waals surface area contributed by atoms with Crippen LogP contribution in [0.4, 0.5) is 0 Å². The highest BCUT2D eigenvalue weighted by Gasteiger charge is 2.22. The number of hydrogen-bond donors (Lipinski definition) is 0. The first kappa shape index (κ1) is 11.1. The van der Waals surface area contributed by atoms with E-state index in [0.29, 0.717) is 0 Å². The molecule has 0 amide bonds. The van der Waals surface area contributed by atoms with Gasteiger partial charge in [-0.05, 0) is 52.6 Å². The molecule has 0 aliphatic carbocycles. The van der Waals surface area contributed by atoms with Crippen molar-refractivity contribution < 1.29 is 4.74 Å². The lowest BCUT2D eigenvalue weighted by Gasteiger charge is -2.27. The van der Waals surface area contributed by atoms with E-state index in [1.54, 1.807) is 0 Å². The van der Waals surface area contributed by atoms with E-state index in [-0.39, 0.29) is 6.10 Å². The van der Waals surface area contributed by atoms with E-state index < -0.39 is 0 Å². The van der Waals surface area contributed by atoms with Crippen LogP contribution in [0.5, 0.6) is 5.75 Å². The average molecular weight is 336 g/mol. The quantitative estimate of drug-likeness (QED) is 0.703.